The first-order valence-corrected chi connectivity index (χ1v) is 29.5. The van der Waals surface area contributed by atoms with E-state index in [1.54, 1.807) is 0 Å². The van der Waals surface area contributed by atoms with Crippen LogP contribution in [0.4, 0.5) is 0 Å². The molecular formula is C35H58Br4O2Si3. The summed E-state index contributed by atoms with van der Waals surface area (Å²) in [6, 6.07) is 1.45. The molecule has 0 aliphatic heterocycles. The summed E-state index contributed by atoms with van der Waals surface area (Å²) in [6.45, 7) is 24.0. The number of ether oxygens (including phenoxy) is 2. The fourth-order valence-electron chi connectivity index (χ4n) is 6.86. The van der Waals surface area contributed by atoms with Crippen LogP contribution in [-0.2, 0) is 9.47 Å². The molecule has 0 spiro atoms. The number of rotatable bonds is 15. The molecule has 0 N–H and O–H groups in total. The Labute approximate surface area is 308 Å². The molecule has 0 amide bonds. The Balaban J connectivity index is 1.51. The van der Waals surface area contributed by atoms with Crippen molar-refractivity contribution in [3.8, 4) is 0 Å². The Morgan fingerprint density at radius 3 is 2.25 bits per heavy atom. The molecule has 44 heavy (non-hydrogen) atoms. The normalized spacial score (nSPS) is 26.9. The van der Waals surface area contributed by atoms with Gasteiger partial charge in [0, 0.05) is 24.4 Å². The second kappa shape index (κ2) is 17.6. The van der Waals surface area contributed by atoms with Crippen molar-refractivity contribution in [2.75, 3.05) is 13.2 Å². The number of halogens is 4. The van der Waals surface area contributed by atoms with Crippen LogP contribution < -0.4 is 0 Å². The zero-order valence-corrected chi connectivity index (χ0v) is 38.4. The highest BCUT2D eigenvalue weighted by Gasteiger charge is 2.39. The molecule has 2 nitrogen and oxygen atoms in total. The molecule has 0 aromatic carbocycles. The second-order valence-corrected chi connectivity index (χ2v) is 30.7. The molecule has 9 heteroatoms. The van der Waals surface area contributed by atoms with E-state index in [2.05, 4.69) is 148 Å². The fraction of sp³-hybridized carbons (Fsp3) is 0.714. The number of hydrogen-bond donors (Lipinski definition) is 0. The number of allylic oxidation sites excluding steroid dienone is 7. The molecule has 0 saturated heterocycles. The monoisotopic (exact) mass is 910 g/mol. The Morgan fingerprint density at radius 2 is 1.66 bits per heavy atom. The van der Waals surface area contributed by atoms with Crippen molar-refractivity contribution in [3.05, 3.63) is 54.3 Å². The minimum absolute atomic E-state index is 0.0326. The maximum atomic E-state index is 6.40. The first-order valence-electron chi connectivity index (χ1n) is 17.0. The van der Waals surface area contributed by atoms with Gasteiger partial charge in [0.25, 0.3) is 0 Å². The fourth-order valence-corrected chi connectivity index (χ4v) is 17.1. The summed E-state index contributed by atoms with van der Waals surface area (Å²) in [5, 5.41) is 1.90. The standard InChI is InChI=1S/C35H58Br4O2Si3/c1-10-14-40-33-29(36)17-24(18-30(33)37)35(2,3)25-19-31(38)34(32(39)20-25)41-15-12-11-13-16-44(8,9)28-22-26(42(4)5)21-27(23-28)43(6)7/h17-19,22,25,27-29,33,42-43H,10-16,20-21,23H2,1-9H3. The molecule has 0 aromatic heterocycles. The van der Waals surface area contributed by atoms with Crippen molar-refractivity contribution in [2.24, 2.45) is 11.3 Å². The van der Waals surface area contributed by atoms with Gasteiger partial charge >= 0.3 is 0 Å². The molecule has 0 aromatic rings. The first-order chi connectivity index (χ1) is 20.6. The average molecular weight is 915 g/mol. The van der Waals surface area contributed by atoms with Gasteiger partial charge in [-0.15, -0.1) is 0 Å². The predicted molar refractivity (Wildman–Crippen MR) is 217 cm³/mol. The van der Waals surface area contributed by atoms with E-state index < -0.39 is 25.7 Å². The molecule has 0 radical (unpaired) electrons. The van der Waals surface area contributed by atoms with Crippen LogP contribution in [0.1, 0.15) is 65.7 Å². The molecule has 5 unspecified atom stereocenters. The lowest BCUT2D eigenvalue weighted by Crippen LogP contribution is -2.36. The van der Waals surface area contributed by atoms with Crippen LogP contribution >= 0.6 is 63.7 Å². The van der Waals surface area contributed by atoms with Crippen LogP contribution in [0.15, 0.2) is 54.3 Å². The third-order valence-corrected chi connectivity index (χ3v) is 21.5. The summed E-state index contributed by atoms with van der Waals surface area (Å²) in [6.07, 6.45) is 18.4. The zero-order chi connectivity index (χ0) is 32.8. The minimum atomic E-state index is -1.28. The Kier molecular flexibility index (Phi) is 15.8. The summed E-state index contributed by atoms with van der Waals surface area (Å²) in [5.41, 5.74) is 3.21. The van der Waals surface area contributed by atoms with Crippen molar-refractivity contribution >= 4 is 89.4 Å². The zero-order valence-electron chi connectivity index (χ0n) is 28.8. The summed E-state index contributed by atoms with van der Waals surface area (Å²) in [4.78, 5) is 0.154. The maximum Gasteiger partial charge on any atom is 0.143 e. The van der Waals surface area contributed by atoms with Gasteiger partial charge in [-0.25, -0.2) is 0 Å². The summed E-state index contributed by atoms with van der Waals surface area (Å²) in [5.74, 6) is 1.32. The van der Waals surface area contributed by atoms with Crippen LogP contribution in [-0.4, -0.2) is 49.8 Å². The van der Waals surface area contributed by atoms with E-state index in [0.29, 0.717) is 5.92 Å². The smallest absolute Gasteiger partial charge is 0.143 e. The highest BCUT2D eigenvalue weighted by molar-refractivity contribution is 9.12. The van der Waals surface area contributed by atoms with Crippen molar-refractivity contribution in [3.63, 3.8) is 0 Å². The molecule has 5 atom stereocenters. The lowest BCUT2D eigenvalue weighted by atomic mass is 9.69. The highest BCUT2D eigenvalue weighted by atomic mass is 79.9. The minimum Gasteiger partial charge on any atom is -0.492 e. The molecule has 3 aliphatic rings. The van der Waals surface area contributed by atoms with Crippen molar-refractivity contribution in [1.29, 1.82) is 0 Å². The van der Waals surface area contributed by atoms with Gasteiger partial charge in [-0.05, 0) is 82.1 Å². The number of alkyl halides is 1. The largest absolute Gasteiger partial charge is 0.492 e. The van der Waals surface area contributed by atoms with E-state index in [0.717, 1.165) is 62.8 Å². The SMILES string of the molecule is CCCOC1C(Br)=CC(C(C)(C)C2C=C(Br)C(OCCCCC[Si](C)(C)C3C=C([SiH](C)C)CC([SiH](C)C)C3)=C(Br)C2)=CC1Br. The van der Waals surface area contributed by atoms with Gasteiger partial charge in [0.15, 0.2) is 0 Å². The van der Waals surface area contributed by atoms with Crippen molar-refractivity contribution in [2.45, 2.75) is 133 Å². The van der Waals surface area contributed by atoms with E-state index in [1.807, 2.05) is 5.20 Å². The van der Waals surface area contributed by atoms with E-state index in [9.17, 15) is 0 Å². The van der Waals surface area contributed by atoms with Crippen LogP contribution in [0.25, 0.3) is 0 Å². The number of hydrogen-bond acceptors (Lipinski definition) is 2. The van der Waals surface area contributed by atoms with Gasteiger partial charge in [-0.1, -0.05) is 150 Å². The molecule has 0 fully saturated rings. The lowest BCUT2D eigenvalue weighted by molar-refractivity contribution is 0.0884. The van der Waals surface area contributed by atoms with Crippen LogP contribution in [0.5, 0.6) is 0 Å². The van der Waals surface area contributed by atoms with Crippen LogP contribution in [0.3, 0.4) is 0 Å². The molecular weight excluding hydrogens is 856 g/mol. The topological polar surface area (TPSA) is 18.5 Å². The lowest BCUT2D eigenvalue weighted by Gasteiger charge is -2.39. The Bertz CT molecular complexity index is 1140. The average Bonchev–Trinajstić information content (AvgIpc) is 2.95. The van der Waals surface area contributed by atoms with Crippen LogP contribution in [0.2, 0.25) is 56.4 Å². The van der Waals surface area contributed by atoms with Gasteiger partial charge in [-0.3, -0.25) is 0 Å². The van der Waals surface area contributed by atoms with Crippen molar-refractivity contribution < 1.29 is 9.47 Å². The summed E-state index contributed by atoms with van der Waals surface area (Å²) in [7, 11) is -2.55. The van der Waals surface area contributed by atoms with Gasteiger partial charge in [0.05, 0.1) is 32.8 Å². The Hall–Kier alpha value is 1.03. The van der Waals surface area contributed by atoms with Gasteiger partial charge in [0.2, 0.25) is 0 Å². The van der Waals surface area contributed by atoms with Gasteiger partial charge in [0.1, 0.15) is 11.9 Å². The quantitative estimate of drug-likeness (QED) is 0.0926. The van der Waals surface area contributed by atoms with Crippen molar-refractivity contribution in [1.82, 2.24) is 0 Å². The molecule has 3 aliphatic carbocycles. The van der Waals surface area contributed by atoms with Crippen LogP contribution in [0, 0.1) is 11.3 Å². The van der Waals surface area contributed by atoms with E-state index >= 15 is 0 Å². The third kappa shape index (κ3) is 10.5. The summed E-state index contributed by atoms with van der Waals surface area (Å²) >= 11 is 15.5. The third-order valence-electron chi connectivity index (χ3n) is 10.4. The molecule has 250 valence electrons. The highest BCUT2D eigenvalue weighted by Crippen LogP contribution is 2.49. The van der Waals surface area contributed by atoms with Gasteiger partial charge in [-0.2, -0.15) is 0 Å². The molecule has 3 rings (SSSR count). The molecule has 0 bridgehead atoms. The van der Waals surface area contributed by atoms with E-state index in [4.69, 9.17) is 9.47 Å². The second-order valence-electron chi connectivity index (χ2n) is 15.3. The van der Waals surface area contributed by atoms with E-state index in [-0.39, 0.29) is 16.3 Å². The predicted octanol–water partition coefficient (Wildman–Crippen LogP) is 12.6. The van der Waals surface area contributed by atoms with E-state index in [1.165, 1.54) is 37.3 Å². The number of unbranched alkanes of at least 4 members (excludes halogenated alkanes) is 2. The maximum absolute atomic E-state index is 6.40. The molecule has 0 heterocycles. The Morgan fingerprint density at radius 1 is 0.955 bits per heavy atom. The first kappa shape index (κ1) is 39.5. The van der Waals surface area contributed by atoms with Gasteiger partial charge < -0.3 is 9.47 Å². The summed E-state index contributed by atoms with van der Waals surface area (Å²) < 4.78 is 15.8. The molecule has 0 saturated carbocycles.